The van der Waals surface area contributed by atoms with Crippen LogP contribution in [0.2, 0.25) is 0 Å². The lowest BCUT2D eigenvalue weighted by molar-refractivity contribution is 0.0966. The molecule has 1 aromatic rings. The van der Waals surface area contributed by atoms with Crippen molar-refractivity contribution in [1.82, 2.24) is 20.4 Å². The van der Waals surface area contributed by atoms with Crippen LogP contribution in [0.25, 0.3) is 0 Å². The highest BCUT2D eigenvalue weighted by atomic mass is 16.4. The predicted octanol–water partition coefficient (Wildman–Crippen LogP) is 1.55. The highest BCUT2D eigenvalue weighted by molar-refractivity contribution is 4.96. The molecule has 0 aliphatic carbocycles. The monoisotopic (exact) mass is 252 g/mol. The largest absolute Gasteiger partial charge is 0.423 e. The van der Waals surface area contributed by atoms with Gasteiger partial charge in [0, 0.05) is 30.6 Å². The topological polar surface area (TPSA) is 54.2 Å². The molecule has 2 unspecified atom stereocenters. The summed E-state index contributed by atoms with van der Waals surface area (Å²) < 4.78 is 5.76. The molecule has 2 rings (SSSR count). The van der Waals surface area contributed by atoms with Crippen LogP contribution < -0.4 is 5.32 Å². The Morgan fingerprint density at radius 2 is 1.83 bits per heavy atom. The van der Waals surface area contributed by atoms with Crippen molar-refractivity contribution in [3.8, 4) is 0 Å². The van der Waals surface area contributed by atoms with Gasteiger partial charge in [0.2, 0.25) is 11.8 Å². The molecule has 1 saturated heterocycles. The molecule has 0 saturated carbocycles. The molecule has 1 fully saturated rings. The minimum Gasteiger partial charge on any atom is -0.423 e. The Labute approximate surface area is 109 Å². The lowest BCUT2D eigenvalue weighted by Gasteiger charge is -2.38. The minimum atomic E-state index is -0.0774. The molecule has 1 aliphatic heterocycles. The van der Waals surface area contributed by atoms with Gasteiger partial charge in [-0.1, -0.05) is 20.8 Å². The minimum absolute atomic E-state index is 0.0774. The van der Waals surface area contributed by atoms with Gasteiger partial charge in [-0.2, -0.15) is 0 Å². The number of piperazine rings is 1. The summed E-state index contributed by atoms with van der Waals surface area (Å²) in [7, 11) is 0. The van der Waals surface area contributed by atoms with E-state index in [9.17, 15) is 0 Å². The van der Waals surface area contributed by atoms with E-state index in [0.29, 0.717) is 18.0 Å². The Hall–Kier alpha value is -0.940. The molecule has 2 heterocycles. The van der Waals surface area contributed by atoms with E-state index in [1.807, 2.05) is 0 Å². The van der Waals surface area contributed by atoms with Crippen LogP contribution in [-0.4, -0.2) is 40.3 Å². The molecule has 2 atom stereocenters. The van der Waals surface area contributed by atoms with Crippen LogP contribution >= 0.6 is 0 Å². The van der Waals surface area contributed by atoms with E-state index < -0.39 is 0 Å². The van der Waals surface area contributed by atoms with Crippen LogP contribution in [0.1, 0.15) is 46.4 Å². The Kier molecular flexibility index (Phi) is 3.73. The van der Waals surface area contributed by atoms with Crippen molar-refractivity contribution in [2.24, 2.45) is 0 Å². The number of hydrogen-bond donors (Lipinski definition) is 1. The maximum atomic E-state index is 5.76. The maximum Gasteiger partial charge on any atom is 0.230 e. The van der Waals surface area contributed by atoms with Crippen molar-refractivity contribution in [3.63, 3.8) is 0 Å². The molecule has 102 valence electrons. The van der Waals surface area contributed by atoms with Crippen molar-refractivity contribution in [2.75, 3.05) is 13.1 Å². The standard InChI is InChI=1S/C13H24N4O/c1-9-6-14-7-10(2)17(9)8-11-15-16-12(18-11)13(3,4)5/h9-10,14H,6-8H2,1-5H3. The summed E-state index contributed by atoms with van der Waals surface area (Å²) in [5.41, 5.74) is -0.0774. The summed E-state index contributed by atoms with van der Waals surface area (Å²) in [6.45, 7) is 13.5. The van der Waals surface area contributed by atoms with Gasteiger partial charge in [0.25, 0.3) is 0 Å². The summed E-state index contributed by atoms with van der Waals surface area (Å²) in [6.07, 6.45) is 0. The first-order valence-electron chi connectivity index (χ1n) is 6.67. The van der Waals surface area contributed by atoms with Crippen molar-refractivity contribution in [2.45, 2.75) is 58.7 Å². The second-order valence-electron chi connectivity index (χ2n) is 6.28. The van der Waals surface area contributed by atoms with E-state index in [0.717, 1.165) is 25.5 Å². The van der Waals surface area contributed by atoms with Crippen LogP contribution in [0.15, 0.2) is 4.42 Å². The fraction of sp³-hybridized carbons (Fsp3) is 0.846. The third-order valence-corrected chi connectivity index (χ3v) is 3.44. The molecule has 5 nitrogen and oxygen atoms in total. The lowest BCUT2D eigenvalue weighted by atomic mass is 9.97. The summed E-state index contributed by atoms with van der Waals surface area (Å²) in [6, 6.07) is 0.998. The van der Waals surface area contributed by atoms with Gasteiger partial charge >= 0.3 is 0 Å². The van der Waals surface area contributed by atoms with E-state index >= 15 is 0 Å². The van der Waals surface area contributed by atoms with Crippen LogP contribution in [0.5, 0.6) is 0 Å². The number of aromatic nitrogens is 2. The summed E-state index contributed by atoms with van der Waals surface area (Å²) in [5.74, 6) is 1.44. The first-order chi connectivity index (χ1) is 8.38. The molecule has 0 amide bonds. The van der Waals surface area contributed by atoms with E-state index in [-0.39, 0.29) is 5.41 Å². The fourth-order valence-electron chi connectivity index (χ4n) is 2.26. The predicted molar refractivity (Wildman–Crippen MR) is 70.3 cm³/mol. The first kappa shape index (κ1) is 13.5. The molecule has 18 heavy (non-hydrogen) atoms. The molecule has 0 bridgehead atoms. The number of rotatable bonds is 2. The Balaban J connectivity index is 2.06. The number of nitrogens with one attached hydrogen (secondary N) is 1. The summed E-state index contributed by atoms with van der Waals surface area (Å²) >= 11 is 0. The van der Waals surface area contributed by atoms with Crippen LogP contribution in [0, 0.1) is 0 Å². The average Bonchev–Trinajstić information content (AvgIpc) is 2.72. The highest BCUT2D eigenvalue weighted by Crippen LogP contribution is 2.21. The molecule has 0 radical (unpaired) electrons. The molecule has 0 aromatic carbocycles. The van der Waals surface area contributed by atoms with Gasteiger partial charge in [-0.25, -0.2) is 0 Å². The Morgan fingerprint density at radius 3 is 2.33 bits per heavy atom. The highest BCUT2D eigenvalue weighted by Gasteiger charge is 2.27. The van der Waals surface area contributed by atoms with Crippen molar-refractivity contribution < 1.29 is 4.42 Å². The Morgan fingerprint density at radius 1 is 1.22 bits per heavy atom. The van der Waals surface area contributed by atoms with Gasteiger partial charge in [-0.3, -0.25) is 4.90 Å². The first-order valence-corrected chi connectivity index (χ1v) is 6.67. The van der Waals surface area contributed by atoms with Gasteiger partial charge in [0.05, 0.1) is 6.54 Å². The van der Waals surface area contributed by atoms with Gasteiger partial charge in [-0.15, -0.1) is 10.2 Å². The van der Waals surface area contributed by atoms with E-state index in [1.165, 1.54) is 0 Å². The second kappa shape index (κ2) is 4.97. The zero-order valence-electron chi connectivity index (χ0n) is 12.0. The number of nitrogens with zero attached hydrogens (tertiary/aromatic N) is 3. The smallest absolute Gasteiger partial charge is 0.230 e. The third kappa shape index (κ3) is 2.90. The van der Waals surface area contributed by atoms with Crippen LogP contribution in [-0.2, 0) is 12.0 Å². The molecular weight excluding hydrogens is 228 g/mol. The second-order valence-corrected chi connectivity index (χ2v) is 6.28. The quantitative estimate of drug-likeness (QED) is 0.865. The van der Waals surface area contributed by atoms with Gasteiger partial charge in [0.1, 0.15) is 0 Å². The Bertz CT molecular complexity index is 386. The lowest BCUT2D eigenvalue weighted by Crippen LogP contribution is -2.54. The number of hydrogen-bond acceptors (Lipinski definition) is 5. The molecule has 1 aromatic heterocycles. The third-order valence-electron chi connectivity index (χ3n) is 3.44. The van der Waals surface area contributed by atoms with Gasteiger partial charge in [-0.05, 0) is 13.8 Å². The van der Waals surface area contributed by atoms with E-state index in [2.05, 4.69) is 55.0 Å². The SMILES string of the molecule is CC1CNCC(C)N1Cc1nnc(C(C)(C)C)o1. The summed E-state index contributed by atoms with van der Waals surface area (Å²) in [5, 5.41) is 11.7. The van der Waals surface area contributed by atoms with Crippen molar-refractivity contribution in [3.05, 3.63) is 11.8 Å². The van der Waals surface area contributed by atoms with Crippen molar-refractivity contribution >= 4 is 0 Å². The molecule has 0 spiro atoms. The summed E-state index contributed by atoms with van der Waals surface area (Å²) in [4.78, 5) is 2.41. The van der Waals surface area contributed by atoms with E-state index in [1.54, 1.807) is 0 Å². The zero-order valence-corrected chi connectivity index (χ0v) is 12.0. The fourth-order valence-corrected chi connectivity index (χ4v) is 2.26. The van der Waals surface area contributed by atoms with Gasteiger partial charge < -0.3 is 9.73 Å². The van der Waals surface area contributed by atoms with Crippen LogP contribution in [0.3, 0.4) is 0 Å². The molecule has 1 N–H and O–H groups in total. The normalized spacial score (nSPS) is 26.5. The zero-order chi connectivity index (χ0) is 13.3. The van der Waals surface area contributed by atoms with Crippen LogP contribution in [0.4, 0.5) is 0 Å². The van der Waals surface area contributed by atoms with Gasteiger partial charge in [0.15, 0.2) is 0 Å². The van der Waals surface area contributed by atoms with E-state index in [4.69, 9.17) is 4.42 Å². The molecule has 5 heteroatoms. The molecule has 1 aliphatic rings. The maximum absolute atomic E-state index is 5.76. The molecular formula is C13H24N4O. The van der Waals surface area contributed by atoms with Crippen molar-refractivity contribution in [1.29, 1.82) is 0 Å². The average molecular weight is 252 g/mol.